The molecule has 1 heterocycles. The van der Waals surface area contributed by atoms with Gasteiger partial charge in [-0.2, -0.15) is 0 Å². The van der Waals surface area contributed by atoms with Crippen LogP contribution in [0, 0.1) is 6.92 Å². The Balaban J connectivity index is 0.000000260. The molecule has 0 fully saturated rings. The fraction of sp³-hybridized carbons (Fsp3) is 0.389. The average molecular weight is 345 g/mol. The number of benzene rings is 1. The van der Waals surface area contributed by atoms with E-state index in [0.29, 0.717) is 12.1 Å². The van der Waals surface area contributed by atoms with Crippen LogP contribution in [0.5, 0.6) is 0 Å². The summed E-state index contributed by atoms with van der Waals surface area (Å²) in [5, 5.41) is 5.52. The summed E-state index contributed by atoms with van der Waals surface area (Å²) in [5.41, 5.74) is 8.63. The Kier molecular flexibility index (Phi) is 8.52. The highest BCUT2D eigenvalue weighted by molar-refractivity contribution is 5.94. The third kappa shape index (κ3) is 5.81. The number of nitrogens with one attached hydrogen (secondary N) is 3. The van der Waals surface area contributed by atoms with Crippen molar-refractivity contribution < 1.29 is 9.59 Å². The maximum Gasteiger partial charge on any atom is 0.236 e. The van der Waals surface area contributed by atoms with Gasteiger partial charge in [-0.1, -0.05) is 6.08 Å². The van der Waals surface area contributed by atoms with Gasteiger partial charge in [0.2, 0.25) is 5.91 Å². The number of aromatic amines is 1. The molecule has 1 amide bonds. The molecule has 0 saturated heterocycles. The molecular formula is C18H27N5O2. The molecule has 7 heteroatoms. The van der Waals surface area contributed by atoms with Crippen molar-refractivity contribution >= 4 is 23.2 Å². The minimum atomic E-state index is -0.0852. The second kappa shape index (κ2) is 10.4. The van der Waals surface area contributed by atoms with Crippen molar-refractivity contribution in [2.24, 2.45) is 5.73 Å². The van der Waals surface area contributed by atoms with Gasteiger partial charge in [-0.25, -0.2) is 4.98 Å². The van der Waals surface area contributed by atoms with E-state index in [2.05, 4.69) is 27.2 Å². The standard InChI is InChI=1S/C10H11N3O.C8H16N2O/c1-6-12-9-3-7(4-11)2-8(5-14)10(9)13-6;1-4-5-6-7(9-2)8(11)10-3/h2-3,5H,4,11H2,1H3,(H,12,13);4,7,9H,1,5-6H2,2-3H3,(H,10,11). The number of carbonyl (C=O) groups excluding carboxylic acids is 2. The number of amides is 1. The molecule has 1 aromatic carbocycles. The SMILES string of the molecule is C=CCCC(NC)C(=O)NC.Cc1nc2c(C=O)cc(CN)cc2[nH]1. The number of allylic oxidation sites excluding steroid dienone is 1. The lowest BCUT2D eigenvalue weighted by Crippen LogP contribution is -2.40. The molecule has 1 aromatic heterocycles. The van der Waals surface area contributed by atoms with Gasteiger partial charge < -0.3 is 21.4 Å². The first kappa shape index (κ1) is 20.5. The first-order chi connectivity index (χ1) is 12.0. The Morgan fingerprint density at radius 2 is 2.16 bits per heavy atom. The summed E-state index contributed by atoms with van der Waals surface area (Å²) in [6.45, 7) is 5.88. The molecule has 2 aromatic rings. The highest BCUT2D eigenvalue weighted by Gasteiger charge is 2.12. The maximum absolute atomic E-state index is 11.0. The van der Waals surface area contributed by atoms with Crippen LogP contribution in [-0.4, -0.2) is 42.3 Å². The maximum atomic E-state index is 11.0. The lowest BCUT2D eigenvalue weighted by Gasteiger charge is -2.12. The van der Waals surface area contributed by atoms with E-state index in [1.165, 1.54) is 0 Å². The number of rotatable bonds is 7. The number of H-pyrrole nitrogens is 1. The number of aryl methyl sites for hydroxylation is 1. The number of nitrogens with zero attached hydrogens (tertiary/aromatic N) is 1. The van der Waals surface area contributed by atoms with Gasteiger partial charge in [0.05, 0.1) is 17.1 Å². The number of hydrogen-bond donors (Lipinski definition) is 4. The zero-order valence-electron chi connectivity index (χ0n) is 15.1. The van der Waals surface area contributed by atoms with Gasteiger partial charge in [0.15, 0.2) is 6.29 Å². The number of aromatic nitrogens is 2. The first-order valence-electron chi connectivity index (χ1n) is 8.14. The summed E-state index contributed by atoms with van der Waals surface area (Å²) >= 11 is 0. The molecule has 0 bridgehead atoms. The summed E-state index contributed by atoms with van der Waals surface area (Å²) in [6.07, 6.45) is 4.29. The van der Waals surface area contributed by atoms with Crippen molar-refractivity contribution in [2.75, 3.05) is 14.1 Å². The summed E-state index contributed by atoms with van der Waals surface area (Å²) < 4.78 is 0. The molecule has 0 aliphatic heterocycles. The molecule has 0 spiro atoms. The van der Waals surface area contributed by atoms with Crippen molar-refractivity contribution in [3.8, 4) is 0 Å². The number of nitrogens with two attached hydrogens (primary N) is 1. The van der Waals surface area contributed by atoms with Crippen molar-refractivity contribution in [1.29, 1.82) is 0 Å². The molecule has 0 radical (unpaired) electrons. The molecule has 25 heavy (non-hydrogen) atoms. The minimum absolute atomic E-state index is 0.0364. The zero-order chi connectivity index (χ0) is 18.8. The summed E-state index contributed by atoms with van der Waals surface area (Å²) in [4.78, 5) is 29.2. The second-order valence-electron chi connectivity index (χ2n) is 5.55. The van der Waals surface area contributed by atoms with Gasteiger partial charge in [0.25, 0.3) is 0 Å². The van der Waals surface area contributed by atoms with E-state index < -0.39 is 0 Å². The van der Waals surface area contributed by atoms with Crippen LogP contribution in [0.15, 0.2) is 24.8 Å². The predicted octanol–water partition coefficient (Wildman–Crippen LogP) is 1.43. The highest BCUT2D eigenvalue weighted by Crippen LogP contribution is 2.17. The number of aldehydes is 1. The van der Waals surface area contributed by atoms with Crippen LogP contribution in [0.4, 0.5) is 0 Å². The van der Waals surface area contributed by atoms with Crippen LogP contribution in [-0.2, 0) is 11.3 Å². The summed E-state index contributed by atoms with van der Waals surface area (Å²) in [7, 11) is 3.42. The number of imidazole rings is 1. The van der Waals surface area contributed by atoms with Crippen LogP contribution in [0.3, 0.4) is 0 Å². The quantitative estimate of drug-likeness (QED) is 0.448. The average Bonchev–Trinajstić information content (AvgIpc) is 3.01. The molecule has 7 nitrogen and oxygen atoms in total. The fourth-order valence-electron chi connectivity index (χ4n) is 2.40. The number of hydrogen-bond acceptors (Lipinski definition) is 5. The topological polar surface area (TPSA) is 113 Å². The van der Waals surface area contributed by atoms with Gasteiger partial charge >= 0.3 is 0 Å². The lowest BCUT2D eigenvalue weighted by molar-refractivity contribution is -0.122. The fourth-order valence-corrected chi connectivity index (χ4v) is 2.40. The smallest absolute Gasteiger partial charge is 0.236 e. The van der Waals surface area contributed by atoms with Crippen LogP contribution >= 0.6 is 0 Å². The molecule has 2 rings (SSSR count). The van der Waals surface area contributed by atoms with Gasteiger partial charge in [-0.15, -0.1) is 6.58 Å². The Bertz CT molecular complexity index is 724. The third-order valence-corrected chi connectivity index (χ3v) is 3.73. The van der Waals surface area contributed by atoms with Crippen LogP contribution in [0.1, 0.15) is 34.6 Å². The van der Waals surface area contributed by atoms with E-state index in [1.807, 2.05) is 19.1 Å². The van der Waals surface area contributed by atoms with Gasteiger partial charge in [0, 0.05) is 19.2 Å². The molecule has 0 aliphatic carbocycles. The van der Waals surface area contributed by atoms with Crippen molar-refractivity contribution in [3.63, 3.8) is 0 Å². The normalized spacial score (nSPS) is 11.4. The van der Waals surface area contributed by atoms with Crippen LogP contribution in [0.25, 0.3) is 11.0 Å². The largest absolute Gasteiger partial charge is 0.358 e. The van der Waals surface area contributed by atoms with E-state index in [-0.39, 0.29) is 11.9 Å². The number of fused-ring (bicyclic) bond motifs is 1. The van der Waals surface area contributed by atoms with E-state index in [1.54, 1.807) is 20.2 Å². The van der Waals surface area contributed by atoms with Gasteiger partial charge in [-0.3, -0.25) is 9.59 Å². The van der Waals surface area contributed by atoms with E-state index in [9.17, 15) is 9.59 Å². The summed E-state index contributed by atoms with van der Waals surface area (Å²) in [6, 6.07) is 3.61. The van der Waals surface area contributed by atoms with Crippen molar-refractivity contribution in [2.45, 2.75) is 32.4 Å². The van der Waals surface area contributed by atoms with E-state index in [4.69, 9.17) is 5.73 Å². The Labute approximate surface area is 148 Å². The van der Waals surface area contributed by atoms with Gasteiger partial charge in [-0.05, 0) is 44.5 Å². The lowest BCUT2D eigenvalue weighted by atomic mass is 10.1. The van der Waals surface area contributed by atoms with E-state index in [0.717, 1.165) is 41.5 Å². The highest BCUT2D eigenvalue weighted by atomic mass is 16.2. The molecule has 1 unspecified atom stereocenters. The molecule has 5 N–H and O–H groups in total. The number of carbonyl (C=O) groups is 2. The molecular weight excluding hydrogens is 318 g/mol. The molecule has 136 valence electrons. The van der Waals surface area contributed by atoms with Crippen molar-refractivity contribution in [3.05, 3.63) is 41.7 Å². The Morgan fingerprint density at radius 1 is 1.44 bits per heavy atom. The first-order valence-corrected chi connectivity index (χ1v) is 8.14. The van der Waals surface area contributed by atoms with E-state index >= 15 is 0 Å². The Hall–Kier alpha value is -2.51. The molecule has 1 atom stereocenters. The molecule has 0 saturated carbocycles. The summed E-state index contributed by atoms with van der Waals surface area (Å²) in [5.74, 6) is 0.839. The van der Waals surface area contributed by atoms with Crippen LogP contribution < -0.4 is 16.4 Å². The van der Waals surface area contributed by atoms with Crippen molar-refractivity contribution in [1.82, 2.24) is 20.6 Å². The molecule has 0 aliphatic rings. The second-order valence-corrected chi connectivity index (χ2v) is 5.55. The zero-order valence-corrected chi connectivity index (χ0v) is 15.1. The van der Waals surface area contributed by atoms with Crippen LogP contribution in [0.2, 0.25) is 0 Å². The minimum Gasteiger partial charge on any atom is -0.358 e. The van der Waals surface area contributed by atoms with Gasteiger partial charge in [0.1, 0.15) is 5.82 Å². The predicted molar refractivity (Wildman–Crippen MR) is 100 cm³/mol. The number of likely N-dealkylation sites (N-methyl/N-ethyl adjacent to an activating group) is 2. The monoisotopic (exact) mass is 345 g/mol. The Morgan fingerprint density at radius 3 is 2.68 bits per heavy atom. The third-order valence-electron chi connectivity index (χ3n) is 3.73.